The molecule has 2 saturated heterocycles. The number of urea groups is 1. The number of nitrogens with one attached hydrogen (secondary N) is 2. The number of carbonyl (C=O) groups excluding carboxylic acids is 3. The van der Waals surface area contributed by atoms with E-state index in [9.17, 15) is 23.2 Å². The van der Waals surface area contributed by atoms with Crippen LogP contribution in [-0.4, -0.2) is 41.4 Å². The molecule has 2 fully saturated rings. The molecule has 0 unspecified atom stereocenters. The van der Waals surface area contributed by atoms with Crippen molar-refractivity contribution in [3.8, 4) is 0 Å². The van der Waals surface area contributed by atoms with E-state index in [0.717, 1.165) is 31.1 Å². The van der Waals surface area contributed by atoms with Crippen molar-refractivity contribution in [2.75, 3.05) is 13.1 Å². The maximum Gasteiger partial charge on any atom is 0.322 e. The molecule has 0 spiro atoms. The molecular weight excluding hydrogens is 440 g/mol. The Balaban J connectivity index is 1.39. The molecule has 0 radical (unpaired) electrons. The molecule has 34 heavy (non-hydrogen) atoms. The van der Waals surface area contributed by atoms with Gasteiger partial charge in [-0.1, -0.05) is 36.4 Å². The Morgan fingerprint density at radius 3 is 2.32 bits per heavy atom. The van der Waals surface area contributed by atoms with Gasteiger partial charge in [-0.3, -0.25) is 14.9 Å². The minimum absolute atomic E-state index is 0.119. The maximum atomic E-state index is 13.8. The Kier molecular flexibility index (Phi) is 7.05. The summed E-state index contributed by atoms with van der Waals surface area (Å²) in [4.78, 5) is 39.0. The number of hydrogen-bond donors (Lipinski definition) is 2. The number of rotatable bonds is 7. The highest BCUT2D eigenvalue weighted by Crippen LogP contribution is 2.35. The van der Waals surface area contributed by atoms with Crippen LogP contribution in [0.2, 0.25) is 0 Å². The predicted molar refractivity (Wildman–Crippen MR) is 123 cm³/mol. The molecule has 2 N–H and O–H groups in total. The summed E-state index contributed by atoms with van der Waals surface area (Å²) in [7, 11) is 0. The monoisotopic (exact) mass is 467 g/mol. The van der Waals surface area contributed by atoms with Gasteiger partial charge >= 0.3 is 6.03 Å². The number of imide groups is 1. The van der Waals surface area contributed by atoms with Gasteiger partial charge in [-0.15, -0.1) is 0 Å². The molecule has 2 aliphatic heterocycles. The zero-order valence-electron chi connectivity index (χ0n) is 18.7. The molecule has 0 aliphatic carbocycles. The van der Waals surface area contributed by atoms with Gasteiger partial charge in [0.05, 0.1) is 0 Å². The fourth-order valence-electron chi connectivity index (χ4n) is 4.91. The van der Waals surface area contributed by atoms with E-state index in [1.165, 1.54) is 17.7 Å². The first-order chi connectivity index (χ1) is 16.4. The van der Waals surface area contributed by atoms with Crippen LogP contribution in [0.25, 0.3) is 6.08 Å². The summed E-state index contributed by atoms with van der Waals surface area (Å²) in [5, 5.41) is 5.26. The number of nitrogens with zero attached hydrogens (tertiary/aromatic N) is 1. The van der Waals surface area contributed by atoms with Crippen LogP contribution < -0.4 is 10.6 Å². The highest BCUT2D eigenvalue weighted by atomic mass is 19.1. The van der Waals surface area contributed by atoms with E-state index < -0.39 is 23.2 Å². The van der Waals surface area contributed by atoms with Gasteiger partial charge in [-0.05, 0) is 61.8 Å². The lowest BCUT2D eigenvalue weighted by Crippen LogP contribution is -2.56. The number of carbonyl (C=O) groups is 3. The first-order valence-corrected chi connectivity index (χ1v) is 11.5. The van der Waals surface area contributed by atoms with Gasteiger partial charge in [-0.25, -0.2) is 13.6 Å². The predicted octanol–water partition coefficient (Wildman–Crippen LogP) is 3.82. The Morgan fingerprint density at radius 2 is 1.71 bits per heavy atom. The third-order valence-electron chi connectivity index (χ3n) is 6.74. The Morgan fingerprint density at radius 1 is 1.03 bits per heavy atom. The number of amides is 4. The van der Waals surface area contributed by atoms with Crippen LogP contribution in [0.5, 0.6) is 0 Å². The van der Waals surface area contributed by atoms with E-state index in [0.29, 0.717) is 32.4 Å². The van der Waals surface area contributed by atoms with Crippen molar-refractivity contribution in [2.24, 2.45) is 5.92 Å². The standard InChI is InChI=1S/C26H27F2N3O3/c27-21-9-4-10-22(28)20(21)11-12-23(32)31-16-13-19(14-17-31)26(24(33)29-25(34)30-26)15-5-8-18-6-2-1-3-7-18/h1-4,6-7,9-12,19H,5,8,13-17H2,(H2,29,30,33,34)/b12-11+/t26-/m1/s1. The van der Waals surface area contributed by atoms with Gasteiger partial charge in [0.25, 0.3) is 5.91 Å². The topological polar surface area (TPSA) is 78.5 Å². The normalized spacial score (nSPS) is 21.1. The Labute approximate surface area is 197 Å². The molecule has 2 heterocycles. The average molecular weight is 468 g/mol. The number of hydrogen-bond acceptors (Lipinski definition) is 3. The van der Waals surface area contributed by atoms with Crippen LogP contribution in [0.15, 0.2) is 54.6 Å². The van der Waals surface area contributed by atoms with E-state index in [1.807, 2.05) is 30.3 Å². The second kappa shape index (κ2) is 10.2. The molecule has 1 atom stereocenters. The molecule has 6 nitrogen and oxygen atoms in total. The second-order valence-electron chi connectivity index (χ2n) is 8.79. The second-order valence-corrected chi connectivity index (χ2v) is 8.79. The lowest BCUT2D eigenvalue weighted by molar-refractivity contribution is -0.130. The molecule has 0 aromatic heterocycles. The van der Waals surface area contributed by atoms with Gasteiger partial charge in [0.2, 0.25) is 5.91 Å². The number of piperidine rings is 1. The molecule has 4 rings (SSSR count). The zero-order valence-corrected chi connectivity index (χ0v) is 18.7. The summed E-state index contributed by atoms with van der Waals surface area (Å²) < 4.78 is 27.6. The summed E-state index contributed by atoms with van der Waals surface area (Å²) in [6, 6.07) is 13.0. The van der Waals surface area contributed by atoms with Crippen molar-refractivity contribution in [1.82, 2.24) is 15.5 Å². The fraction of sp³-hybridized carbons (Fsp3) is 0.346. The highest BCUT2D eigenvalue weighted by molar-refractivity contribution is 6.07. The first-order valence-electron chi connectivity index (χ1n) is 11.5. The SMILES string of the molecule is O=C1NC(=O)[C@@](CCCc2ccccc2)(C2CCN(C(=O)/C=C/c3c(F)cccc3F)CC2)N1. The van der Waals surface area contributed by atoms with Gasteiger partial charge in [0, 0.05) is 24.7 Å². The molecule has 2 aromatic carbocycles. The third-order valence-corrected chi connectivity index (χ3v) is 6.74. The minimum atomic E-state index is -0.993. The number of halogens is 2. The Bertz CT molecular complexity index is 1080. The van der Waals surface area contributed by atoms with Crippen LogP contribution in [-0.2, 0) is 16.0 Å². The number of likely N-dealkylation sites (tertiary alicyclic amines) is 1. The molecule has 0 saturated carbocycles. The van der Waals surface area contributed by atoms with Gasteiger partial charge in [0.15, 0.2) is 0 Å². The van der Waals surface area contributed by atoms with E-state index in [4.69, 9.17) is 0 Å². The molecule has 178 valence electrons. The molecule has 8 heteroatoms. The largest absolute Gasteiger partial charge is 0.339 e. The molecule has 2 aromatic rings. The van der Waals surface area contributed by atoms with Crippen molar-refractivity contribution in [1.29, 1.82) is 0 Å². The lowest BCUT2D eigenvalue weighted by Gasteiger charge is -2.40. The number of aryl methyl sites for hydroxylation is 1. The first kappa shape index (κ1) is 23.6. The van der Waals surface area contributed by atoms with Gasteiger partial charge in [0.1, 0.15) is 17.2 Å². The van der Waals surface area contributed by atoms with Gasteiger partial charge < -0.3 is 10.2 Å². The van der Waals surface area contributed by atoms with E-state index in [2.05, 4.69) is 10.6 Å². The highest BCUT2D eigenvalue weighted by Gasteiger charge is 2.51. The van der Waals surface area contributed by atoms with Crippen LogP contribution in [0, 0.1) is 17.6 Å². The van der Waals surface area contributed by atoms with Crippen molar-refractivity contribution in [3.63, 3.8) is 0 Å². The summed E-state index contributed by atoms with van der Waals surface area (Å²) >= 11 is 0. The van der Waals surface area contributed by atoms with Crippen molar-refractivity contribution < 1.29 is 23.2 Å². The fourth-order valence-corrected chi connectivity index (χ4v) is 4.91. The summed E-state index contributed by atoms with van der Waals surface area (Å²) in [6.07, 6.45) is 5.41. The summed E-state index contributed by atoms with van der Waals surface area (Å²) in [5.41, 5.74) is -0.0815. The number of benzene rings is 2. The van der Waals surface area contributed by atoms with Crippen molar-refractivity contribution >= 4 is 23.9 Å². The van der Waals surface area contributed by atoms with Crippen LogP contribution in [0.4, 0.5) is 13.6 Å². The quantitative estimate of drug-likeness (QED) is 0.480. The molecule has 0 bridgehead atoms. The van der Waals surface area contributed by atoms with E-state index in [1.54, 1.807) is 4.90 Å². The average Bonchev–Trinajstić information content (AvgIpc) is 3.13. The minimum Gasteiger partial charge on any atom is -0.339 e. The van der Waals surface area contributed by atoms with Crippen LogP contribution in [0.3, 0.4) is 0 Å². The lowest BCUT2D eigenvalue weighted by atomic mass is 9.74. The van der Waals surface area contributed by atoms with Crippen molar-refractivity contribution in [2.45, 2.75) is 37.6 Å². The van der Waals surface area contributed by atoms with Gasteiger partial charge in [-0.2, -0.15) is 0 Å². The van der Waals surface area contributed by atoms with Crippen LogP contribution in [0.1, 0.15) is 36.8 Å². The molecule has 4 amide bonds. The van der Waals surface area contributed by atoms with E-state index >= 15 is 0 Å². The van der Waals surface area contributed by atoms with E-state index in [-0.39, 0.29) is 23.3 Å². The third kappa shape index (κ3) is 5.00. The summed E-state index contributed by atoms with van der Waals surface area (Å²) in [5.74, 6) is -2.25. The van der Waals surface area contributed by atoms with Crippen molar-refractivity contribution in [3.05, 3.63) is 77.4 Å². The van der Waals surface area contributed by atoms with Crippen LogP contribution >= 0.6 is 0 Å². The molecule has 2 aliphatic rings. The Hall–Kier alpha value is -3.55. The zero-order chi connectivity index (χ0) is 24.1. The smallest absolute Gasteiger partial charge is 0.322 e. The summed E-state index contributed by atoms with van der Waals surface area (Å²) in [6.45, 7) is 0.772. The maximum absolute atomic E-state index is 13.8. The molecular formula is C26H27F2N3O3.